The Hall–Kier alpha value is -3.09. The second-order valence-electron chi connectivity index (χ2n) is 5.36. The summed E-state index contributed by atoms with van der Waals surface area (Å²) in [4.78, 5) is 12.4. The molecule has 3 rings (SSSR count). The molecule has 1 aromatic carbocycles. The first-order chi connectivity index (χ1) is 11.6. The van der Waals surface area contributed by atoms with E-state index in [1.807, 2.05) is 45.0 Å². The molecule has 24 heavy (non-hydrogen) atoms. The van der Waals surface area contributed by atoms with E-state index in [0.717, 1.165) is 16.8 Å². The molecule has 2 amide bonds. The van der Waals surface area contributed by atoms with Gasteiger partial charge >= 0.3 is 6.03 Å². The quantitative estimate of drug-likeness (QED) is 0.770. The molecule has 0 radical (unpaired) electrons. The summed E-state index contributed by atoms with van der Waals surface area (Å²) >= 11 is 0. The van der Waals surface area contributed by atoms with E-state index >= 15 is 0 Å². The number of carbonyl (C=O) groups is 1. The highest BCUT2D eigenvalue weighted by molar-refractivity contribution is 5.99. The summed E-state index contributed by atoms with van der Waals surface area (Å²) in [6.07, 6.45) is 0. The van der Waals surface area contributed by atoms with Gasteiger partial charge in [0.1, 0.15) is 0 Å². The molecule has 0 aliphatic heterocycles. The fourth-order valence-corrected chi connectivity index (χ4v) is 2.51. The fourth-order valence-electron chi connectivity index (χ4n) is 2.51. The number of hydrogen-bond acceptors (Lipinski definition) is 4. The van der Waals surface area contributed by atoms with Crippen LogP contribution in [0, 0.1) is 13.8 Å². The summed E-state index contributed by atoms with van der Waals surface area (Å²) in [5.41, 5.74) is 3.37. The third-order valence-corrected chi connectivity index (χ3v) is 3.63. The van der Waals surface area contributed by atoms with E-state index in [4.69, 9.17) is 4.74 Å². The number of nitrogens with zero attached hydrogens (tertiary/aromatic N) is 3. The summed E-state index contributed by atoms with van der Waals surface area (Å²) in [7, 11) is 0. The standard InChI is InChI=1S/C17H19N5O2/c1-4-24-14-10-6-9-13-20-21-16(22(13)14)19-17(23)18-15-11(2)7-5-8-12(15)3/h5-10H,4H2,1-3H3,(H2,18,19,21,23). The first kappa shape index (κ1) is 15.8. The van der Waals surface area contributed by atoms with Crippen LogP contribution < -0.4 is 15.4 Å². The minimum atomic E-state index is -0.381. The molecule has 124 valence electrons. The molecule has 2 aromatic heterocycles. The number of aryl methyl sites for hydroxylation is 2. The van der Waals surface area contributed by atoms with Crippen LogP contribution in [-0.4, -0.2) is 27.2 Å². The van der Waals surface area contributed by atoms with E-state index in [1.54, 1.807) is 16.5 Å². The number of nitrogens with one attached hydrogen (secondary N) is 2. The van der Waals surface area contributed by atoms with Crippen LogP contribution >= 0.6 is 0 Å². The lowest BCUT2D eigenvalue weighted by Crippen LogP contribution is -2.22. The van der Waals surface area contributed by atoms with E-state index in [1.165, 1.54) is 0 Å². The van der Waals surface area contributed by atoms with Gasteiger partial charge in [0.25, 0.3) is 0 Å². The average molecular weight is 325 g/mol. The van der Waals surface area contributed by atoms with Gasteiger partial charge < -0.3 is 10.1 Å². The van der Waals surface area contributed by atoms with Crippen LogP contribution in [0.15, 0.2) is 36.4 Å². The van der Waals surface area contributed by atoms with Crippen LogP contribution in [0.3, 0.4) is 0 Å². The Balaban J connectivity index is 1.86. The first-order valence-corrected chi connectivity index (χ1v) is 7.71. The molecule has 0 bridgehead atoms. The molecule has 3 aromatic rings. The molecule has 0 atom stereocenters. The second-order valence-corrected chi connectivity index (χ2v) is 5.36. The van der Waals surface area contributed by atoms with Crippen LogP contribution in [0.5, 0.6) is 5.88 Å². The number of fused-ring (bicyclic) bond motifs is 1. The third-order valence-electron chi connectivity index (χ3n) is 3.63. The molecule has 0 aliphatic carbocycles. The van der Waals surface area contributed by atoms with Crippen LogP contribution in [0.4, 0.5) is 16.4 Å². The van der Waals surface area contributed by atoms with Crippen LogP contribution in [0.2, 0.25) is 0 Å². The van der Waals surface area contributed by atoms with Crippen molar-refractivity contribution >= 4 is 23.3 Å². The number of pyridine rings is 1. The molecule has 7 nitrogen and oxygen atoms in total. The molecule has 0 saturated carbocycles. The Labute approximate surface area is 139 Å². The van der Waals surface area contributed by atoms with Crippen molar-refractivity contribution < 1.29 is 9.53 Å². The Morgan fingerprint density at radius 3 is 2.50 bits per heavy atom. The zero-order valence-corrected chi connectivity index (χ0v) is 13.8. The maximum atomic E-state index is 12.4. The van der Waals surface area contributed by atoms with Gasteiger partial charge in [-0.3, -0.25) is 5.32 Å². The highest BCUT2D eigenvalue weighted by Crippen LogP contribution is 2.21. The number of benzene rings is 1. The van der Waals surface area contributed by atoms with E-state index in [9.17, 15) is 4.79 Å². The number of rotatable bonds is 4. The maximum absolute atomic E-state index is 12.4. The molecule has 0 aliphatic rings. The van der Waals surface area contributed by atoms with Crippen molar-refractivity contribution in [3.8, 4) is 5.88 Å². The normalized spacial score (nSPS) is 10.6. The van der Waals surface area contributed by atoms with Crippen molar-refractivity contribution in [1.29, 1.82) is 0 Å². The van der Waals surface area contributed by atoms with Gasteiger partial charge in [0.15, 0.2) is 5.65 Å². The second kappa shape index (κ2) is 6.57. The molecule has 0 unspecified atom stereocenters. The van der Waals surface area contributed by atoms with Crippen molar-refractivity contribution in [2.45, 2.75) is 20.8 Å². The van der Waals surface area contributed by atoms with Crippen molar-refractivity contribution in [3.05, 3.63) is 47.5 Å². The largest absolute Gasteiger partial charge is 0.479 e. The topological polar surface area (TPSA) is 80.6 Å². The SMILES string of the molecule is CCOc1cccc2nnc(NC(=O)Nc3c(C)cccc3C)n12. The van der Waals surface area contributed by atoms with Crippen molar-refractivity contribution in [2.75, 3.05) is 17.2 Å². The highest BCUT2D eigenvalue weighted by Gasteiger charge is 2.14. The number of amides is 2. The van der Waals surface area contributed by atoms with Crippen LogP contribution in [-0.2, 0) is 0 Å². The third kappa shape index (κ3) is 3.01. The summed E-state index contributed by atoms with van der Waals surface area (Å²) in [6.45, 7) is 6.29. The lowest BCUT2D eigenvalue weighted by molar-refractivity contribution is 0.262. The van der Waals surface area contributed by atoms with Gasteiger partial charge in [0.2, 0.25) is 11.8 Å². The Bertz CT molecular complexity index is 868. The molecule has 2 heterocycles. The van der Waals surface area contributed by atoms with E-state index in [0.29, 0.717) is 24.1 Å². The summed E-state index contributed by atoms with van der Waals surface area (Å²) in [6, 6.07) is 10.9. The summed E-state index contributed by atoms with van der Waals surface area (Å²) < 4.78 is 7.23. The number of hydrogen-bond donors (Lipinski definition) is 2. The zero-order valence-electron chi connectivity index (χ0n) is 13.8. The van der Waals surface area contributed by atoms with Crippen LogP contribution in [0.1, 0.15) is 18.1 Å². The van der Waals surface area contributed by atoms with Crippen molar-refractivity contribution in [1.82, 2.24) is 14.6 Å². The number of aromatic nitrogens is 3. The minimum absolute atomic E-state index is 0.304. The van der Waals surface area contributed by atoms with E-state index in [-0.39, 0.29) is 6.03 Å². The number of ether oxygens (including phenoxy) is 1. The van der Waals surface area contributed by atoms with Gasteiger partial charge in [-0.1, -0.05) is 24.3 Å². The fraction of sp³-hybridized carbons (Fsp3) is 0.235. The Kier molecular flexibility index (Phi) is 4.33. The van der Waals surface area contributed by atoms with Gasteiger partial charge in [0.05, 0.1) is 6.61 Å². The molecule has 0 spiro atoms. The lowest BCUT2D eigenvalue weighted by Gasteiger charge is -2.12. The van der Waals surface area contributed by atoms with E-state index < -0.39 is 0 Å². The predicted octanol–water partition coefficient (Wildman–Crippen LogP) is 3.39. The summed E-state index contributed by atoms with van der Waals surface area (Å²) in [5.74, 6) is 0.875. The maximum Gasteiger partial charge on any atom is 0.326 e. The van der Waals surface area contributed by atoms with Crippen molar-refractivity contribution in [2.24, 2.45) is 0 Å². The van der Waals surface area contributed by atoms with Gasteiger partial charge in [-0.05, 0) is 44.0 Å². The van der Waals surface area contributed by atoms with Gasteiger partial charge in [0, 0.05) is 5.69 Å². The minimum Gasteiger partial charge on any atom is -0.479 e. The van der Waals surface area contributed by atoms with E-state index in [2.05, 4.69) is 20.8 Å². The zero-order chi connectivity index (χ0) is 17.1. The smallest absolute Gasteiger partial charge is 0.326 e. The molecule has 0 fully saturated rings. The molecule has 2 N–H and O–H groups in total. The first-order valence-electron chi connectivity index (χ1n) is 7.71. The Morgan fingerprint density at radius 2 is 1.79 bits per heavy atom. The summed E-state index contributed by atoms with van der Waals surface area (Å²) in [5, 5.41) is 13.7. The number of anilines is 2. The monoisotopic (exact) mass is 325 g/mol. The number of para-hydroxylation sites is 1. The van der Waals surface area contributed by atoms with Gasteiger partial charge in [-0.2, -0.15) is 0 Å². The molecular formula is C17H19N5O2. The molecule has 7 heteroatoms. The van der Waals surface area contributed by atoms with Gasteiger partial charge in [-0.15, -0.1) is 10.2 Å². The lowest BCUT2D eigenvalue weighted by atomic mass is 10.1. The molecule has 0 saturated heterocycles. The Morgan fingerprint density at radius 1 is 1.08 bits per heavy atom. The average Bonchev–Trinajstić information content (AvgIpc) is 2.95. The number of carbonyl (C=O) groups excluding carboxylic acids is 1. The van der Waals surface area contributed by atoms with Crippen LogP contribution in [0.25, 0.3) is 5.65 Å². The van der Waals surface area contributed by atoms with Crippen molar-refractivity contribution in [3.63, 3.8) is 0 Å². The van der Waals surface area contributed by atoms with Gasteiger partial charge in [-0.25, -0.2) is 9.20 Å². The molecular weight excluding hydrogens is 306 g/mol. The number of urea groups is 1. The highest BCUT2D eigenvalue weighted by atomic mass is 16.5. The predicted molar refractivity (Wildman–Crippen MR) is 92.7 cm³/mol.